The first kappa shape index (κ1) is 12.7. The van der Waals surface area contributed by atoms with Gasteiger partial charge in [0, 0.05) is 11.8 Å². The van der Waals surface area contributed by atoms with Crippen molar-refractivity contribution in [2.45, 2.75) is 18.1 Å². The Morgan fingerprint density at radius 3 is 2.33 bits per heavy atom. The Morgan fingerprint density at radius 1 is 0.905 bits per heavy atom. The molecule has 2 aromatic rings. The molecule has 0 radical (unpaired) electrons. The molecule has 2 aliphatic rings. The Labute approximate surface area is 124 Å². The lowest BCUT2D eigenvalue weighted by Gasteiger charge is -2.45. The molecule has 106 valence electrons. The number of rotatable bonds is 1. The monoisotopic (exact) mass is 279 g/mol. The van der Waals surface area contributed by atoms with Gasteiger partial charge in [0.15, 0.2) is 0 Å². The van der Waals surface area contributed by atoms with Crippen LogP contribution >= 0.6 is 0 Å². The highest BCUT2D eigenvalue weighted by molar-refractivity contribution is 5.82. The predicted molar refractivity (Wildman–Crippen MR) is 82.0 cm³/mol. The van der Waals surface area contributed by atoms with Gasteiger partial charge in [0.25, 0.3) is 0 Å². The van der Waals surface area contributed by atoms with Gasteiger partial charge < -0.3 is 9.47 Å². The van der Waals surface area contributed by atoms with Crippen LogP contribution in [0.3, 0.4) is 0 Å². The molecule has 1 atom stereocenters. The number of benzene rings is 2. The van der Waals surface area contributed by atoms with Crippen molar-refractivity contribution in [3.05, 3.63) is 65.7 Å². The summed E-state index contributed by atoms with van der Waals surface area (Å²) in [4.78, 5) is 4.66. The second-order valence-corrected chi connectivity index (χ2v) is 5.66. The Kier molecular flexibility index (Phi) is 2.74. The van der Waals surface area contributed by atoms with E-state index in [1.54, 1.807) is 0 Å². The van der Waals surface area contributed by atoms with E-state index in [9.17, 15) is 0 Å². The molecule has 2 heterocycles. The summed E-state index contributed by atoms with van der Waals surface area (Å²) < 4.78 is 12.3. The number of nitrogens with zero attached hydrogens (tertiary/aromatic N) is 1. The van der Waals surface area contributed by atoms with Gasteiger partial charge in [0.2, 0.25) is 5.79 Å². The normalized spacial score (nSPS) is 26.0. The third kappa shape index (κ3) is 1.65. The molecule has 1 spiro atoms. The zero-order valence-corrected chi connectivity index (χ0v) is 12.0. The highest BCUT2D eigenvalue weighted by Gasteiger charge is 2.57. The summed E-state index contributed by atoms with van der Waals surface area (Å²) in [6.45, 7) is 3.34. The standard InChI is InChI=1S/C18H17NO2/c1-17(14-7-3-2-4-8-14)13-19-16-10-6-5-9-15(16)18(17)20-11-12-21-18/h2-10,13H,11-12H2,1H3. The third-order valence-electron chi connectivity index (χ3n) is 4.47. The van der Waals surface area contributed by atoms with E-state index >= 15 is 0 Å². The molecule has 0 saturated carbocycles. The number of aliphatic imine (C=N–C) groups is 1. The maximum Gasteiger partial charge on any atom is 0.211 e. The van der Waals surface area contributed by atoms with Crippen molar-refractivity contribution < 1.29 is 9.47 Å². The minimum Gasteiger partial charge on any atom is -0.342 e. The summed E-state index contributed by atoms with van der Waals surface area (Å²) in [5.41, 5.74) is 2.63. The molecule has 0 aliphatic carbocycles. The maximum atomic E-state index is 6.16. The van der Waals surface area contributed by atoms with Crippen LogP contribution in [0.25, 0.3) is 0 Å². The van der Waals surface area contributed by atoms with Crippen LogP contribution in [0.1, 0.15) is 18.1 Å². The quantitative estimate of drug-likeness (QED) is 0.799. The minimum absolute atomic E-state index is 0.445. The van der Waals surface area contributed by atoms with Gasteiger partial charge in [-0.25, -0.2) is 0 Å². The molecular weight excluding hydrogens is 262 g/mol. The Bertz CT molecular complexity index is 689. The molecule has 21 heavy (non-hydrogen) atoms. The zero-order valence-electron chi connectivity index (χ0n) is 12.0. The number of hydrogen-bond donors (Lipinski definition) is 0. The van der Waals surface area contributed by atoms with E-state index in [2.05, 4.69) is 30.1 Å². The summed E-state index contributed by atoms with van der Waals surface area (Å²) >= 11 is 0. The molecule has 2 aliphatic heterocycles. The van der Waals surface area contributed by atoms with Crippen molar-refractivity contribution in [3.63, 3.8) is 0 Å². The molecular formula is C18H17NO2. The van der Waals surface area contributed by atoms with Crippen molar-refractivity contribution in [1.82, 2.24) is 0 Å². The summed E-state index contributed by atoms with van der Waals surface area (Å²) in [5.74, 6) is -0.785. The third-order valence-corrected chi connectivity index (χ3v) is 4.47. The molecule has 1 saturated heterocycles. The smallest absolute Gasteiger partial charge is 0.211 e. The lowest BCUT2D eigenvalue weighted by molar-refractivity contribution is -0.196. The molecule has 0 bridgehead atoms. The van der Waals surface area contributed by atoms with E-state index in [4.69, 9.17) is 9.47 Å². The van der Waals surface area contributed by atoms with Crippen molar-refractivity contribution in [2.75, 3.05) is 13.2 Å². The van der Waals surface area contributed by atoms with E-state index in [1.807, 2.05) is 42.6 Å². The lowest BCUT2D eigenvalue weighted by Crippen LogP contribution is -2.51. The largest absolute Gasteiger partial charge is 0.342 e. The SMILES string of the molecule is CC1(c2ccccc2)C=Nc2ccccc2C12OCCO2. The van der Waals surface area contributed by atoms with E-state index < -0.39 is 11.2 Å². The van der Waals surface area contributed by atoms with Crippen LogP contribution in [0.5, 0.6) is 0 Å². The van der Waals surface area contributed by atoms with Crippen LogP contribution < -0.4 is 0 Å². The topological polar surface area (TPSA) is 30.8 Å². The summed E-state index contributed by atoms with van der Waals surface area (Å²) in [6.07, 6.45) is 1.97. The van der Waals surface area contributed by atoms with Gasteiger partial charge in [-0.2, -0.15) is 0 Å². The highest BCUT2D eigenvalue weighted by atomic mass is 16.7. The molecule has 3 heteroatoms. The van der Waals surface area contributed by atoms with Gasteiger partial charge in [-0.15, -0.1) is 0 Å². The summed E-state index contributed by atoms with van der Waals surface area (Å²) in [6, 6.07) is 18.4. The first-order valence-electron chi connectivity index (χ1n) is 7.24. The average Bonchev–Trinajstić information content (AvgIpc) is 3.04. The van der Waals surface area contributed by atoms with Gasteiger partial charge in [-0.1, -0.05) is 48.5 Å². The van der Waals surface area contributed by atoms with E-state index in [-0.39, 0.29) is 0 Å². The zero-order chi connectivity index (χ0) is 14.3. The van der Waals surface area contributed by atoms with E-state index in [1.165, 1.54) is 0 Å². The number of para-hydroxylation sites is 1. The van der Waals surface area contributed by atoms with Gasteiger partial charge in [0.1, 0.15) is 0 Å². The predicted octanol–water partition coefficient (Wildman–Crippen LogP) is 3.56. The second-order valence-electron chi connectivity index (χ2n) is 5.66. The molecule has 2 aromatic carbocycles. The van der Waals surface area contributed by atoms with Crippen LogP contribution in [0, 0.1) is 0 Å². The lowest BCUT2D eigenvalue weighted by atomic mass is 9.71. The van der Waals surface area contributed by atoms with Crippen molar-refractivity contribution >= 4 is 11.9 Å². The molecule has 1 fully saturated rings. The fraction of sp³-hybridized carbons (Fsp3) is 0.278. The van der Waals surface area contributed by atoms with Crippen molar-refractivity contribution in [3.8, 4) is 0 Å². The molecule has 0 amide bonds. The molecule has 4 rings (SSSR count). The van der Waals surface area contributed by atoms with Gasteiger partial charge >= 0.3 is 0 Å². The minimum atomic E-state index is -0.785. The molecule has 0 aromatic heterocycles. The Hall–Kier alpha value is -1.97. The van der Waals surface area contributed by atoms with Crippen molar-refractivity contribution in [2.24, 2.45) is 4.99 Å². The fourth-order valence-electron chi connectivity index (χ4n) is 3.34. The van der Waals surface area contributed by atoms with E-state index in [0.29, 0.717) is 13.2 Å². The van der Waals surface area contributed by atoms with Gasteiger partial charge in [-0.05, 0) is 18.6 Å². The first-order chi connectivity index (χ1) is 10.3. The second kappa shape index (κ2) is 4.52. The van der Waals surface area contributed by atoms with E-state index in [0.717, 1.165) is 16.8 Å². The molecule has 3 nitrogen and oxygen atoms in total. The Balaban J connectivity index is 1.97. The van der Waals surface area contributed by atoms with Crippen LogP contribution in [0.4, 0.5) is 5.69 Å². The van der Waals surface area contributed by atoms with Gasteiger partial charge in [0.05, 0.1) is 24.3 Å². The van der Waals surface area contributed by atoms with Crippen LogP contribution in [-0.2, 0) is 20.7 Å². The fourth-order valence-corrected chi connectivity index (χ4v) is 3.34. The average molecular weight is 279 g/mol. The Morgan fingerprint density at radius 2 is 1.57 bits per heavy atom. The first-order valence-corrected chi connectivity index (χ1v) is 7.24. The van der Waals surface area contributed by atoms with Gasteiger partial charge in [-0.3, -0.25) is 4.99 Å². The number of fused-ring (bicyclic) bond motifs is 2. The molecule has 1 unspecified atom stereocenters. The van der Waals surface area contributed by atoms with Crippen molar-refractivity contribution in [1.29, 1.82) is 0 Å². The van der Waals surface area contributed by atoms with Crippen LogP contribution in [0.2, 0.25) is 0 Å². The molecule has 0 N–H and O–H groups in total. The highest BCUT2D eigenvalue weighted by Crippen LogP contribution is 2.52. The maximum absolute atomic E-state index is 6.16. The number of hydrogen-bond acceptors (Lipinski definition) is 3. The summed E-state index contributed by atoms with van der Waals surface area (Å²) in [5, 5.41) is 0. The van der Waals surface area contributed by atoms with Crippen LogP contribution in [-0.4, -0.2) is 19.4 Å². The summed E-state index contributed by atoms with van der Waals surface area (Å²) in [7, 11) is 0. The van der Waals surface area contributed by atoms with Crippen LogP contribution in [0.15, 0.2) is 59.6 Å². The number of ether oxygens (including phenoxy) is 2.